The fourth-order valence-electron chi connectivity index (χ4n) is 4.99. The van der Waals surface area contributed by atoms with E-state index in [-0.39, 0.29) is 23.7 Å². The number of carbonyl (C=O) groups is 2. The first-order valence-electron chi connectivity index (χ1n) is 13.1. The first-order chi connectivity index (χ1) is 18.6. The standard InChI is InChI=1S/C30H36FN5O3/c1-7-29(37)36-11-10-35(16-20(36)4)17-28(22-9-8-18(2)25(31)13-22)39-27-12-19(3)23(14-24(27)30(38)32-6)26-15-33-21(5)34-26/h7-9,12-15,20,28H,1,10-11,16-17H2,2-6H3,(H,32,38)(H,33,34)/t20-,28-/m1/s1. The van der Waals surface area contributed by atoms with Gasteiger partial charge in [0.1, 0.15) is 23.5 Å². The van der Waals surface area contributed by atoms with E-state index in [0.717, 1.165) is 22.6 Å². The molecule has 1 fully saturated rings. The summed E-state index contributed by atoms with van der Waals surface area (Å²) in [4.78, 5) is 36.7. The summed E-state index contributed by atoms with van der Waals surface area (Å²) in [6, 6.07) is 8.72. The average molecular weight is 534 g/mol. The number of H-pyrrole nitrogens is 1. The Bertz CT molecular complexity index is 1380. The number of aromatic amines is 1. The van der Waals surface area contributed by atoms with Crippen LogP contribution in [0.25, 0.3) is 11.3 Å². The van der Waals surface area contributed by atoms with Gasteiger partial charge in [-0.25, -0.2) is 9.37 Å². The fraction of sp³-hybridized carbons (Fsp3) is 0.367. The molecule has 206 valence electrons. The van der Waals surface area contributed by atoms with Crippen molar-refractivity contribution in [2.45, 2.75) is 39.8 Å². The second-order valence-electron chi connectivity index (χ2n) is 10.1. The van der Waals surface area contributed by atoms with Crippen LogP contribution in [0.3, 0.4) is 0 Å². The number of aryl methyl sites for hydroxylation is 3. The number of nitrogens with one attached hydrogen (secondary N) is 2. The third-order valence-electron chi connectivity index (χ3n) is 7.22. The van der Waals surface area contributed by atoms with Gasteiger partial charge in [0.2, 0.25) is 5.91 Å². The lowest BCUT2D eigenvalue weighted by Crippen LogP contribution is -2.54. The normalized spacial score (nSPS) is 16.6. The van der Waals surface area contributed by atoms with Crippen LogP contribution in [-0.4, -0.2) is 70.9 Å². The number of piperazine rings is 1. The molecule has 0 bridgehead atoms. The van der Waals surface area contributed by atoms with Gasteiger partial charge in [0.25, 0.3) is 5.91 Å². The number of amides is 2. The summed E-state index contributed by atoms with van der Waals surface area (Å²) in [5, 5.41) is 2.70. The molecule has 1 saturated heterocycles. The van der Waals surface area contributed by atoms with E-state index < -0.39 is 6.10 Å². The van der Waals surface area contributed by atoms with Crippen LogP contribution >= 0.6 is 0 Å². The van der Waals surface area contributed by atoms with Crippen molar-refractivity contribution in [3.63, 3.8) is 0 Å². The van der Waals surface area contributed by atoms with E-state index in [1.54, 1.807) is 37.2 Å². The predicted octanol–water partition coefficient (Wildman–Crippen LogP) is 4.34. The van der Waals surface area contributed by atoms with Crippen molar-refractivity contribution in [2.24, 2.45) is 0 Å². The number of hydrogen-bond acceptors (Lipinski definition) is 5. The SMILES string of the molecule is C=CC(=O)N1CCN(C[C@@H](Oc2cc(C)c(-c3cnc(C)[nH]3)cc2C(=O)NC)c2ccc(C)c(F)c2)C[C@H]1C. The minimum Gasteiger partial charge on any atom is -0.484 e. The summed E-state index contributed by atoms with van der Waals surface area (Å²) in [5.74, 6) is 0.488. The quantitative estimate of drug-likeness (QED) is 0.421. The van der Waals surface area contributed by atoms with Crippen LogP contribution in [0, 0.1) is 26.6 Å². The van der Waals surface area contributed by atoms with Crippen molar-refractivity contribution in [1.29, 1.82) is 0 Å². The molecule has 0 saturated carbocycles. The minimum atomic E-state index is -0.558. The van der Waals surface area contributed by atoms with Gasteiger partial charge in [-0.15, -0.1) is 0 Å². The topological polar surface area (TPSA) is 90.6 Å². The Labute approximate surface area is 228 Å². The van der Waals surface area contributed by atoms with Crippen LogP contribution in [0.1, 0.15) is 45.9 Å². The van der Waals surface area contributed by atoms with Crippen LogP contribution in [0.5, 0.6) is 5.75 Å². The average Bonchev–Trinajstić information content (AvgIpc) is 3.35. The second kappa shape index (κ2) is 11.8. The molecule has 9 heteroatoms. The number of nitrogens with zero attached hydrogens (tertiary/aromatic N) is 3. The monoisotopic (exact) mass is 533 g/mol. The van der Waals surface area contributed by atoms with Crippen molar-refractivity contribution in [3.05, 3.63) is 83.1 Å². The molecule has 4 rings (SSSR count). The van der Waals surface area contributed by atoms with E-state index in [9.17, 15) is 14.0 Å². The largest absolute Gasteiger partial charge is 0.484 e. The number of carbonyl (C=O) groups excluding carboxylic acids is 2. The fourth-order valence-corrected chi connectivity index (χ4v) is 4.99. The molecule has 1 aromatic heterocycles. The lowest BCUT2D eigenvalue weighted by atomic mass is 10.0. The van der Waals surface area contributed by atoms with E-state index in [0.29, 0.717) is 48.6 Å². The van der Waals surface area contributed by atoms with Crippen molar-refractivity contribution in [2.75, 3.05) is 33.2 Å². The Morgan fingerprint density at radius 3 is 2.62 bits per heavy atom. The highest BCUT2D eigenvalue weighted by Gasteiger charge is 2.29. The summed E-state index contributed by atoms with van der Waals surface area (Å²) in [7, 11) is 1.57. The molecule has 0 radical (unpaired) electrons. The van der Waals surface area contributed by atoms with Crippen LogP contribution in [0.2, 0.25) is 0 Å². The maximum Gasteiger partial charge on any atom is 0.254 e. The van der Waals surface area contributed by atoms with Gasteiger partial charge in [-0.05, 0) is 68.7 Å². The van der Waals surface area contributed by atoms with E-state index in [2.05, 4.69) is 26.8 Å². The van der Waals surface area contributed by atoms with Gasteiger partial charge in [0, 0.05) is 44.8 Å². The van der Waals surface area contributed by atoms with E-state index in [4.69, 9.17) is 4.74 Å². The van der Waals surface area contributed by atoms with Crippen molar-refractivity contribution < 1.29 is 18.7 Å². The lowest BCUT2D eigenvalue weighted by Gasteiger charge is -2.40. The van der Waals surface area contributed by atoms with Crippen LogP contribution in [0.15, 0.2) is 49.2 Å². The van der Waals surface area contributed by atoms with Gasteiger partial charge in [-0.1, -0.05) is 18.7 Å². The number of hydrogen-bond donors (Lipinski definition) is 2. The number of ether oxygens (including phenoxy) is 1. The zero-order valence-corrected chi connectivity index (χ0v) is 23.2. The predicted molar refractivity (Wildman–Crippen MR) is 149 cm³/mol. The number of rotatable bonds is 8. The molecule has 3 aromatic rings. The molecule has 2 N–H and O–H groups in total. The summed E-state index contributed by atoms with van der Waals surface area (Å²) in [6.45, 7) is 13.4. The Hall–Kier alpha value is -3.98. The number of halogens is 1. The Kier molecular flexibility index (Phi) is 8.50. The molecule has 0 unspecified atom stereocenters. The zero-order valence-electron chi connectivity index (χ0n) is 23.2. The summed E-state index contributed by atoms with van der Waals surface area (Å²) < 4.78 is 21.2. The number of imidazole rings is 1. The molecular weight excluding hydrogens is 497 g/mol. The third kappa shape index (κ3) is 6.20. The van der Waals surface area contributed by atoms with E-state index >= 15 is 0 Å². The van der Waals surface area contributed by atoms with Gasteiger partial charge >= 0.3 is 0 Å². The van der Waals surface area contributed by atoms with Gasteiger partial charge in [-0.3, -0.25) is 14.5 Å². The van der Waals surface area contributed by atoms with Crippen molar-refractivity contribution in [1.82, 2.24) is 25.1 Å². The molecule has 0 aliphatic carbocycles. The number of aromatic nitrogens is 2. The molecule has 0 spiro atoms. The molecule has 8 nitrogen and oxygen atoms in total. The molecule has 2 amide bonds. The van der Waals surface area contributed by atoms with E-state index in [1.165, 1.54) is 12.1 Å². The molecule has 2 atom stereocenters. The minimum absolute atomic E-state index is 0.0134. The first kappa shape index (κ1) is 28.0. The number of benzene rings is 2. The molecule has 39 heavy (non-hydrogen) atoms. The van der Waals surface area contributed by atoms with E-state index in [1.807, 2.05) is 32.9 Å². The molecule has 1 aliphatic rings. The molecule has 1 aliphatic heterocycles. The third-order valence-corrected chi connectivity index (χ3v) is 7.22. The Balaban J connectivity index is 1.69. The zero-order chi connectivity index (χ0) is 28.3. The smallest absolute Gasteiger partial charge is 0.254 e. The Morgan fingerprint density at radius 1 is 1.23 bits per heavy atom. The van der Waals surface area contributed by atoms with Gasteiger partial charge in [0.05, 0.1) is 17.5 Å². The highest BCUT2D eigenvalue weighted by atomic mass is 19.1. The maximum atomic E-state index is 14.7. The first-order valence-corrected chi connectivity index (χ1v) is 13.1. The maximum absolute atomic E-state index is 14.7. The van der Waals surface area contributed by atoms with Gasteiger partial charge < -0.3 is 19.9 Å². The van der Waals surface area contributed by atoms with Crippen molar-refractivity contribution in [3.8, 4) is 17.0 Å². The highest BCUT2D eigenvalue weighted by Crippen LogP contribution is 2.33. The summed E-state index contributed by atoms with van der Waals surface area (Å²) in [5.41, 5.74) is 4.14. The summed E-state index contributed by atoms with van der Waals surface area (Å²) in [6.07, 6.45) is 2.52. The van der Waals surface area contributed by atoms with Crippen LogP contribution in [0.4, 0.5) is 4.39 Å². The van der Waals surface area contributed by atoms with Crippen LogP contribution < -0.4 is 10.1 Å². The molecule has 2 heterocycles. The van der Waals surface area contributed by atoms with Crippen molar-refractivity contribution >= 4 is 11.8 Å². The van der Waals surface area contributed by atoms with Crippen LogP contribution in [-0.2, 0) is 4.79 Å². The molecular formula is C30H36FN5O3. The highest BCUT2D eigenvalue weighted by molar-refractivity contribution is 5.98. The van der Waals surface area contributed by atoms with Gasteiger partial charge in [0.15, 0.2) is 0 Å². The second-order valence-corrected chi connectivity index (χ2v) is 10.1. The molecule has 2 aromatic carbocycles. The van der Waals surface area contributed by atoms with Gasteiger partial charge in [-0.2, -0.15) is 0 Å². The summed E-state index contributed by atoms with van der Waals surface area (Å²) >= 11 is 0. The lowest BCUT2D eigenvalue weighted by molar-refractivity contribution is -0.130. The Morgan fingerprint density at radius 2 is 2.00 bits per heavy atom.